The molecule has 2 aromatic heterocycles. The van der Waals surface area contributed by atoms with E-state index in [9.17, 15) is 4.79 Å². The zero-order valence-corrected chi connectivity index (χ0v) is 10.6. The molecule has 6 heteroatoms. The Hall–Kier alpha value is -1.69. The smallest absolute Gasteiger partial charge is 0.293 e. The summed E-state index contributed by atoms with van der Waals surface area (Å²) in [5.41, 5.74) is 0. The van der Waals surface area contributed by atoms with E-state index in [4.69, 9.17) is 0 Å². The first kappa shape index (κ1) is 11.8. The van der Waals surface area contributed by atoms with E-state index < -0.39 is 0 Å². The molecule has 0 aliphatic rings. The molecule has 0 unspecified atom stereocenters. The predicted molar refractivity (Wildman–Crippen MR) is 66.1 cm³/mol. The summed E-state index contributed by atoms with van der Waals surface area (Å²) in [7, 11) is 1.77. The summed E-state index contributed by atoms with van der Waals surface area (Å²) in [5.74, 6) is 0.738. The Morgan fingerprint density at radius 1 is 1.59 bits per heavy atom. The van der Waals surface area contributed by atoms with E-state index in [-0.39, 0.29) is 11.7 Å². The van der Waals surface area contributed by atoms with E-state index in [1.54, 1.807) is 30.2 Å². The van der Waals surface area contributed by atoms with Crippen molar-refractivity contribution in [1.29, 1.82) is 0 Å². The van der Waals surface area contributed by atoms with Crippen LogP contribution in [0.5, 0.6) is 0 Å². The van der Waals surface area contributed by atoms with Gasteiger partial charge in [0.2, 0.25) is 5.82 Å². The van der Waals surface area contributed by atoms with E-state index in [1.165, 1.54) is 4.88 Å². The molecule has 2 heterocycles. The van der Waals surface area contributed by atoms with Crippen molar-refractivity contribution in [3.63, 3.8) is 0 Å². The first-order chi connectivity index (χ1) is 8.16. The minimum atomic E-state index is -0.147. The Labute approximate surface area is 103 Å². The Bertz CT molecular complexity index is 491. The lowest BCUT2D eigenvalue weighted by molar-refractivity contribution is 0.0785. The number of aromatic nitrogens is 3. The van der Waals surface area contributed by atoms with Crippen molar-refractivity contribution in [2.24, 2.45) is 0 Å². The summed E-state index contributed by atoms with van der Waals surface area (Å²) in [5, 5.41) is 8.56. The number of carbonyl (C=O) groups excluding carboxylic acids is 1. The summed E-state index contributed by atoms with van der Waals surface area (Å²) in [6.07, 6.45) is 0.864. The maximum absolute atomic E-state index is 11.9. The molecular weight excluding hydrogens is 236 g/mol. The third-order valence-corrected chi connectivity index (χ3v) is 3.35. The molecule has 1 N–H and O–H groups in total. The fourth-order valence-electron chi connectivity index (χ4n) is 1.44. The van der Waals surface area contributed by atoms with Crippen LogP contribution in [0.25, 0.3) is 0 Å². The monoisotopic (exact) mass is 250 g/mol. The molecule has 0 aromatic carbocycles. The fraction of sp³-hybridized carbons (Fsp3) is 0.364. The Morgan fingerprint density at radius 2 is 2.41 bits per heavy atom. The number of hydrogen-bond donors (Lipinski definition) is 1. The number of nitrogens with one attached hydrogen (secondary N) is 1. The third kappa shape index (κ3) is 2.91. The van der Waals surface area contributed by atoms with Crippen molar-refractivity contribution in [2.45, 2.75) is 13.3 Å². The standard InChI is InChI=1S/C11H14N4OS/c1-8-12-10(14-13-8)11(16)15(2)6-5-9-4-3-7-17-9/h3-4,7H,5-6H2,1-2H3,(H,12,13,14). The van der Waals surface area contributed by atoms with Crippen LogP contribution < -0.4 is 0 Å². The number of H-pyrrole nitrogens is 1. The fourth-order valence-corrected chi connectivity index (χ4v) is 2.14. The van der Waals surface area contributed by atoms with Crippen LogP contribution in [0.3, 0.4) is 0 Å². The van der Waals surface area contributed by atoms with Crippen LogP contribution in [0.1, 0.15) is 21.3 Å². The van der Waals surface area contributed by atoms with Gasteiger partial charge in [-0.1, -0.05) is 6.07 Å². The third-order valence-electron chi connectivity index (χ3n) is 2.41. The van der Waals surface area contributed by atoms with Crippen LogP contribution >= 0.6 is 11.3 Å². The molecule has 0 spiro atoms. The van der Waals surface area contributed by atoms with Gasteiger partial charge in [-0.05, 0) is 24.8 Å². The van der Waals surface area contributed by atoms with Crippen molar-refractivity contribution >= 4 is 17.2 Å². The van der Waals surface area contributed by atoms with Gasteiger partial charge in [-0.2, -0.15) is 0 Å². The number of aromatic amines is 1. The maximum atomic E-state index is 11.9. The van der Waals surface area contributed by atoms with Gasteiger partial charge in [-0.15, -0.1) is 16.4 Å². The average Bonchev–Trinajstić information content (AvgIpc) is 2.95. The summed E-state index contributed by atoms with van der Waals surface area (Å²) in [4.78, 5) is 18.8. The van der Waals surface area contributed by atoms with Crippen LogP contribution in [0.15, 0.2) is 17.5 Å². The molecule has 1 amide bonds. The number of likely N-dealkylation sites (N-methyl/N-ethyl adjacent to an activating group) is 1. The van der Waals surface area contributed by atoms with Gasteiger partial charge in [0.05, 0.1) is 0 Å². The molecule has 17 heavy (non-hydrogen) atoms. The number of nitrogens with zero attached hydrogens (tertiary/aromatic N) is 3. The predicted octanol–water partition coefficient (Wildman–Crippen LogP) is 1.49. The minimum Gasteiger partial charge on any atom is -0.339 e. The van der Waals surface area contributed by atoms with Crippen LogP contribution in [0, 0.1) is 6.92 Å². The van der Waals surface area contributed by atoms with Crippen molar-refractivity contribution in [2.75, 3.05) is 13.6 Å². The van der Waals surface area contributed by atoms with Gasteiger partial charge < -0.3 is 4.90 Å². The molecule has 5 nitrogen and oxygen atoms in total. The normalized spacial score (nSPS) is 10.5. The molecule has 0 fully saturated rings. The van der Waals surface area contributed by atoms with Crippen LogP contribution in [0.2, 0.25) is 0 Å². The topological polar surface area (TPSA) is 61.9 Å². The highest BCUT2D eigenvalue weighted by Gasteiger charge is 2.15. The summed E-state index contributed by atoms with van der Waals surface area (Å²) < 4.78 is 0. The quantitative estimate of drug-likeness (QED) is 0.894. The van der Waals surface area contributed by atoms with E-state index >= 15 is 0 Å². The Kier molecular flexibility index (Phi) is 3.53. The zero-order chi connectivity index (χ0) is 12.3. The molecule has 90 valence electrons. The van der Waals surface area contributed by atoms with Gasteiger partial charge >= 0.3 is 0 Å². The highest BCUT2D eigenvalue weighted by molar-refractivity contribution is 7.09. The van der Waals surface area contributed by atoms with Crippen molar-refractivity contribution < 1.29 is 4.79 Å². The maximum Gasteiger partial charge on any atom is 0.293 e. The van der Waals surface area contributed by atoms with Crippen molar-refractivity contribution in [3.8, 4) is 0 Å². The number of hydrogen-bond acceptors (Lipinski definition) is 4. The second-order valence-corrected chi connectivity index (χ2v) is 4.83. The lowest BCUT2D eigenvalue weighted by atomic mass is 10.3. The number of rotatable bonds is 4. The van der Waals surface area contributed by atoms with Gasteiger partial charge in [-0.25, -0.2) is 4.98 Å². The molecule has 0 atom stereocenters. The van der Waals surface area contributed by atoms with E-state index in [0.29, 0.717) is 12.4 Å². The molecule has 0 radical (unpaired) electrons. The molecule has 2 rings (SSSR count). The van der Waals surface area contributed by atoms with Crippen LogP contribution in [0.4, 0.5) is 0 Å². The number of carbonyl (C=O) groups is 1. The molecule has 0 aliphatic heterocycles. The zero-order valence-electron chi connectivity index (χ0n) is 9.80. The summed E-state index contributed by atoms with van der Waals surface area (Å²) in [6, 6.07) is 4.08. The van der Waals surface area contributed by atoms with Gasteiger partial charge in [0, 0.05) is 18.5 Å². The number of aryl methyl sites for hydroxylation is 1. The van der Waals surface area contributed by atoms with E-state index in [1.807, 2.05) is 11.4 Å². The van der Waals surface area contributed by atoms with Gasteiger partial charge in [0.15, 0.2) is 0 Å². The molecule has 2 aromatic rings. The van der Waals surface area contributed by atoms with Crippen LogP contribution in [-0.2, 0) is 6.42 Å². The second-order valence-electron chi connectivity index (χ2n) is 3.80. The first-order valence-corrected chi connectivity index (χ1v) is 6.21. The van der Waals surface area contributed by atoms with Gasteiger partial charge in [-0.3, -0.25) is 9.89 Å². The summed E-state index contributed by atoms with van der Waals surface area (Å²) in [6.45, 7) is 2.45. The number of amides is 1. The molecule has 0 saturated carbocycles. The highest BCUT2D eigenvalue weighted by Crippen LogP contribution is 2.09. The lowest BCUT2D eigenvalue weighted by Gasteiger charge is -2.14. The molecular formula is C11H14N4OS. The van der Waals surface area contributed by atoms with Crippen molar-refractivity contribution in [1.82, 2.24) is 20.1 Å². The van der Waals surface area contributed by atoms with E-state index in [2.05, 4.69) is 21.2 Å². The van der Waals surface area contributed by atoms with Crippen LogP contribution in [-0.4, -0.2) is 39.6 Å². The van der Waals surface area contributed by atoms with Crippen molar-refractivity contribution in [3.05, 3.63) is 34.0 Å². The molecule has 0 saturated heterocycles. The lowest BCUT2D eigenvalue weighted by Crippen LogP contribution is -2.29. The largest absolute Gasteiger partial charge is 0.339 e. The first-order valence-electron chi connectivity index (χ1n) is 5.33. The average molecular weight is 250 g/mol. The minimum absolute atomic E-state index is 0.147. The molecule has 0 aliphatic carbocycles. The summed E-state index contributed by atoms with van der Waals surface area (Å²) >= 11 is 1.70. The highest BCUT2D eigenvalue weighted by atomic mass is 32.1. The van der Waals surface area contributed by atoms with E-state index in [0.717, 1.165) is 6.42 Å². The molecule has 0 bridgehead atoms. The number of thiophene rings is 1. The Balaban J connectivity index is 1.91. The van der Waals surface area contributed by atoms with Gasteiger partial charge in [0.25, 0.3) is 5.91 Å². The Morgan fingerprint density at radius 3 is 3.00 bits per heavy atom. The van der Waals surface area contributed by atoms with Gasteiger partial charge in [0.1, 0.15) is 5.82 Å². The SMILES string of the molecule is Cc1nc(C(=O)N(C)CCc2cccs2)n[nH]1. The second kappa shape index (κ2) is 5.09.